The maximum atomic E-state index is 4.55. The van der Waals surface area contributed by atoms with E-state index in [1.165, 1.54) is 37.7 Å². The van der Waals surface area contributed by atoms with Gasteiger partial charge in [-0.2, -0.15) is 17.7 Å². The van der Waals surface area contributed by atoms with Crippen LogP contribution in [0.2, 0.25) is 0 Å². The van der Waals surface area contributed by atoms with Crippen molar-refractivity contribution in [3.63, 3.8) is 0 Å². The van der Waals surface area contributed by atoms with E-state index in [0.29, 0.717) is 11.2 Å². The summed E-state index contributed by atoms with van der Waals surface area (Å²) in [6.45, 7) is 0. The molecule has 1 fully saturated rings. The van der Waals surface area contributed by atoms with Gasteiger partial charge in [-0.25, -0.2) is 0 Å². The highest BCUT2D eigenvalue weighted by Gasteiger charge is 2.19. The maximum Gasteiger partial charge on any atom is 0.0318 e. The van der Waals surface area contributed by atoms with E-state index in [1.54, 1.807) is 0 Å². The third-order valence-corrected chi connectivity index (χ3v) is 3.39. The van der Waals surface area contributed by atoms with E-state index in [9.17, 15) is 0 Å². The second-order valence-corrected chi connectivity index (χ2v) is 4.59. The van der Waals surface area contributed by atoms with Gasteiger partial charge in [-0.05, 0) is 37.7 Å². The molecule has 0 saturated heterocycles. The second-order valence-electron chi connectivity index (χ2n) is 3.86. The summed E-state index contributed by atoms with van der Waals surface area (Å²) in [6.07, 6.45) is 10.3. The Morgan fingerprint density at radius 2 is 2.31 bits per heavy atom. The zero-order valence-electron chi connectivity index (χ0n) is 7.74. The van der Waals surface area contributed by atoms with Crippen LogP contribution in [-0.4, -0.2) is 11.5 Å². The van der Waals surface area contributed by atoms with Crippen LogP contribution >= 0.6 is 12.6 Å². The van der Waals surface area contributed by atoms with E-state index in [-0.39, 0.29) is 0 Å². The molecule has 13 heavy (non-hydrogen) atoms. The van der Waals surface area contributed by atoms with Gasteiger partial charge in [0.05, 0.1) is 0 Å². The van der Waals surface area contributed by atoms with Crippen molar-refractivity contribution in [1.29, 1.82) is 0 Å². The summed E-state index contributed by atoms with van der Waals surface area (Å²) in [6, 6.07) is 0. The number of nitrogens with one attached hydrogen (secondary N) is 1. The molecule has 0 radical (unpaired) electrons. The van der Waals surface area contributed by atoms with Crippen LogP contribution in [0.3, 0.4) is 0 Å². The number of hydrogen-bond donors (Lipinski definition) is 2. The summed E-state index contributed by atoms with van der Waals surface area (Å²) in [4.78, 5) is 0. The van der Waals surface area contributed by atoms with Crippen molar-refractivity contribution in [2.75, 3.05) is 0 Å². The molecule has 0 aromatic rings. The van der Waals surface area contributed by atoms with Crippen molar-refractivity contribution in [3.05, 3.63) is 11.8 Å². The summed E-state index contributed by atoms with van der Waals surface area (Å²) >= 11 is 4.55. The molecule has 2 atom stereocenters. The van der Waals surface area contributed by atoms with E-state index >= 15 is 0 Å². The highest BCUT2D eigenvalue weighted by atomic mass is 32.1. The number of hydrogen-bond acceptors (Lipinski definition) is 3. The summed E-state index contributed by atoms with van der Waals surface area (Å²) < 4.78 is 0. The summed E-state index contributed by atoms with van der Waals surface area (Å²) in [5.41, 5.74) is 4.46. The van der Waals surface area contributed by atoms with Crippen LogP contribution in [0.1, 0.15) is 32.1 Å². The van der Waals surface area contributed by atoms with Gasteiger partial charge in [0.15, 0.2) is 0 Å². The van der Waals surface area contributed by atoms with Gasteiger partial charge >= 0.3 is 0 Å². The Labute approximate surface area is 84.9 Å². The van der Waals surface area contributed by atoms with Gasteiger partial charge in [-0.1, -0.05) is 0 Å². The quantitative estimate of drug-likeness (QED) is 0.571. The average molecular weight is 196 g/mol. The Hall–Kier alpha value is -0.440. The van der Waals surface area contributed by atoms with Gasteiger partial charge in [0.25, 0.3) is 0 Å². The Morgan fingerprint density at radius 3 is 3.23 bits per heavy atom. The van der Waals surface area contributed by atoms with E-state index in [1.807, 2.05) is 6.21 Å². The summed E-state index contributed by atoms with van der Waals surface area (Å²) in [5, 5.41) is 4.68. The fourth-order valence-corrected chi connectivity index (χ4v) is 2.36. The predicted molar refractivity (Wildman–Crippen MR) is 59.1 cm³/mol. The van der Waals surface area contributed by atoms with Crippen molar-refractivity contribution in [2.24, 2.45) is 11.0 Å². The molecule has 0 bridgehead atoms. The molecular weight excluding hydrogens is 180 g/mol. The molecule has 0 aromatic heterocycles. The number of hydrazone groups is 1. The molecule has 0 aromatic carbocycles. The third kappa shape index (κ3) is 2.27. The maximum absolute atomic E-state index is 4.55. The van der Waals surface area contributed by atoms with Gasteiger partial charge in [0.2, 0.25) is 0 Å². The van der Waals surface area contributed by atoms with Gasteiger partial charge in [0, 0.05) is 23.6 Å². The van der Waals surface area contributed by atoms with Gasteiger partial charge in [-0.3, -0.25) is 5.43 Å². The van der Waals surface area contributed by atoms with Crippen molar-refractivity contribution in [3.8, 4) is 0 Å². The standard InChI is InChI=1S/C10H16N2S/c13-10-3-1-2-8-6-11-12-7-9(8)4-5-10/h6-7,9-11,13H,1-5H2. The summed E-state index contributed by atoms with van der Waals surface area (Å²) in [5.74, 6) is 0.580. The van der Waals surface area contributed by atoms with E-state index in [4.69, 9.17) is 0 Å². The summed E-state index contributed by atoms with van der Waals surface area (Å²) in [7, 11) is 0. The first-order chi connectivity index (χ1) is 6.36. The molecule has 2 aliphatic rings. The van der Waals surface area contributed by atoms with E-state index in [0.717, 1.165) is 0 Å². The Bertz CT molecular complexity index is 235. The minimum Gasteiger partial charge on any atom is -0.286 e. The lowest BCUT2D eigenvalue weighted by Gasteiger charge is -2.24. The molecular formula is C10H16N2S. The fourth-order valence-electron chi connectivity index (χ4n) is 2.03. The molecule has 2 rings (SSSR count). The predicted octanol–water partition coefficient (Wildman–Crippen LogP) is 2.34. The number of allylic oxidation sites excluding steroid dienone is 1. The van der Waals surface area contributed by atoms with Crippen LogP contribution < -0.4 is 5.43 Å². The molecule has 1 heterocycles. The second kappa shape index (κ2) is 4.18. The van der Waals surface area contributed by atoms with Gasteiger partial charge in [0.1, 0.15) is 0 Å². The molecule has 1 aliphatic carbocycles. The lowest BCUT2D eigenvalue weighted by Crippen LogP contribution is -2.19. The highest BCUT2D eigenvalue weighted by Crippen LogP contribution is 2.28. The van der Waals surface area contributed by atoms with Crippen molar-refractivity contribution >= 4 is 18.8 Å². The molecule has 1 saturated carbocycles. The fraction of sp³-hybridized carbons (Fsp3) is 0.700. The molecule has 1 N–H and O–H groups in total. The number of rotatable bonds is 0. The topological polar surface area (TPSA) is 24.4 Å². The van der Waals surface area contributed by atoms with Crippen molar-refractivity contribution in [2.45, 2.75) is 37.4 Å². The molecule has 0 amide bonds. The van der Waals surface area contributed by atoms with Crippen LogP contribution in [0, 0.1) is 5.92 Å². The number of thiol groups is 1. The third-order valence-electron chi connectivity index (χ3n) is 2.87. The molecule has 3 heteroatoms. The van der Waals surface area contributed by atoms with E-state index in [2.05, 4.69) is 29.4 Å². The molecule has 2 nitrogen and oxygen atoms in total. The largest absolute Gasteiger partial charge is 0.286 e. The zero-order valence-corrected chi connectivity index (χ0v) is 8.63. The number of fused-ring (bicyclic) bond motifs is 1. The first kappa shape index (κ1) is 9.13. The minimum absolute atomic E-state index is 0.580. The Balaban J connectivity index is 2.02. The van der Waals surface area contributed by atoms with Gasteiger partial charge < -0.3 is 0 Å². The minimum atomic E-state index is 0.580. The van der Waals surface area contributed by atoms with Crippen LogP contribution in [0.4, 0.5) is 0 Å². The van der Waals surface area contributed by atoms with Crippen LogP contribution in [0.25, 0.3) is 0 Å². The smallest absolute Gasteiger partial charge is 0.0318 e. The van der Waals surface area contributed by atoms with Gasteiger partial charge in [-0.15, -0.1) is 0 Å². The first-order valence-corrected chi connectivity index (χ1v) is 5.53. The van der Waals surface area contributed by atoms with Crippen LogP contribution in [-0.2, 0) is 0 Å². The zero-order chi connectivity index (χ0) is 9.10. The molecule has 2 unspecified atom stereocenters. The SMILES string of the molecule is SC1CCCC2=CNN=CC2CC1. The first-order valence-electron chi connectivity index (χ1n) is 5.02. The van der Waals surface area contributed by atoms with Crippen LogP contribution in [0.5, 0.6) is 0 Å². The average Bonchev–Trinajstić information content (AvgIpc) is 2.13. The highest BCUT2D eigenvalue weighted by molar-refractivity contribution is 7.80. The molecule has 72 valence electrons. The molecule has 1 aliphatic heterocycles. The van der Waals surface area contributed by atoms with E-state index < -0.39 is 0 Å². The lowest BCUT2D eigenvalue weighted by molar-refractivity contribution is 0.534. The van der Waals surface area contributed by atoms with Crippen molar-refractivity contribution < 1.29 is 0 Å². The van der Waals surface area contributed by atoms with Crippen molar-refractivity contribution in [1.82, 2.24) is 5.43 Å². The number of nitrogens with zero attached hydrogens (tertiary/aromatic N) is 1. The monoisotopic (exact) mass is 196 g/mol. The Morgan fingerprint density at radius 1 is 1.38 bits per heavy atom. The molecule has 0 spiro atoms. The normalized spacial score (nSPS) is 33.8. The lowest BCUT2D eigenvalue weighted by atomic mass is 9.87. The Kier molecular flexibility index (Phi) is 2.94. The van der Waals surface area contributed by atoms with Crippen LogP contribution in [0.15, 0.2) is 16.9 Å².